The smallest absolute Gasteiger partial charge is 0.321 e. The van der Waals surface area contributed by atoms with Gasteiger partial charge in [-0.05, 0) is 32.4 Å². The Morgan fingerprint density at radius 3 is 2.48 bits per heavy atom. The third-order valence-corrected chi connectivity index (χ3v) is 4.13. The zero-order valence-electron chi connectivity index (χ0n) is 13.8. The van der Waals surface area contributed by atoms with Gasteiger partial charge in [-0.2, -0.15) is 0 Å². The van der Waals surface area contributed by atoms with Gasteiger partial charge in [0.2, 0.25) is 0 Å². The van der Waals surface area contributed by atoms with E-state index in [0.717, 1.165) is 35.9 Å². The minimum Gasteiger partial charge on any atom is -0.360 e. The lowest BCUT2D eigenvalue weighted by Gasteiger charge is -2.34. The van der Waals surface area contributed by atoms with E-state index in [9.17, 15) is 4.79 Å². The van der Waals surface area contributed by atoms with E-state index in [2.05, 4.69) is 21.4 Å². The standard InChI is InChI=1S/C17H22N4O2/c1-12-4-5-15(13(2)10-12)18-17(22)21-8-6-20(7-9-21)16-11-14(3)23-19-16/h4-5,10-11H,6-9H2,1-3H3,(H,18,22). The zero-order chi connectivity index (χ0) is 16.4. The number of nitrogens with one attached hydrogen (secondary N) is 1. The normalized spacial score (nSPS) is 14.9. The summed E-state index contributed by atoms with van der Waals surface area (Å²) in [6.45, 7) is 8.78. The van der Waals surface area contributed by atoms with Crippen LogP contribution in [0.5, 0.6) is 0 Å². The maximum absolute atomic E-state index is 12.4. The van der Waals surface area contributed by atoms with E-state index in [-0.39, 0.29) is 6.03 Å². The summed E-state index contributed by atoms with van der Waals surface area (Å²) in [5, 5.41) is 7.03. The van der Waals surface area contributed by atoms with E-state index >= 15 is 0 Å². The number of benzene rings is 1. The largest absolute Gasteiger partial charge is 0.360 e. The van der Waals surface area contributed by atoms with Crippen LogP contribution in [0.15, 0.2) is 28.8 Å². The Bertz CT molecular complexity index is 702. The average Bonchev–Trinajstić information content (AvgIpc) is 2.97. The molecule has 1 aromatic heterocycles. The van der Waals surface area contributed by atoms with E-state index in [1.807, 2.05) is 43.9 Å². The topological polar surface area (TPSA) is 61.6 Å². The second-order valence-electron chi connectivity index (χ2n) is 6.02. The molecule has 1 aromatic carbocycles. The molecule has 1 saturated heterocycles. The molecule has 2 aromatic rings. The van der Waals surface area contributed by atoms with Gasteiger partial charge < -0.3 is 19.6 Å². The Morgan fingerprint density at radius 1 is 1.13 bits per heavy atom. The molecule has 3 rings (SSSR count). The Balaban J connectivity index is 1.58. The molecule has 1 aliphatic rings. The second kappa shape index (κ2) is 6.32. The van der Waals surface area contributed by atoms with Crippen LogP contribution in [0.2, 0.25) is 0 Å². The number of urea groups is 1. The highest BCUT2D eigenvalue weighted by atomic mass is 16.5. The number of aryl methyl sites for hydroxylation is 3. The van der Waals surface area contributed by atoms with Crippen LogP contribution in [-0.2, 0) is 0 Å². The molecule has 0 bridgehead atoms. The summed E-state index contributed by atoms with van der Waals surface area (Å²) in [5.41, 5.74) is 3.14. The third kappa shape index (κ3) is 3.47. The van der Waals surface area contributed by atoms with Gasteiger partial charge >= 0.3 is 6.03 Å². The number of nitrogens with zero attached hydrogens (tertiary/aromatic N) is 3. The van der Waals surface area contributed by atoms with Gasteiger partial charge in [0, 0.05) is 37.9 Å². The van der Waals surface area contributed by atoms with Crippen LogP contribution < -0.4 is 10.2 Å². The van der Waals surface area contributed by atoms with Gasteiger partial charge in [-0.15, -0.1) is 0 Å². The fraction of sp³-hybridized carbons (Fsp3) is 0.412. The lowest BCUT2D eigenvalue weighted by molar-refractivity contribution is 0.208. The molecule has 0 spiro atoms. The summed E-state index contributed by atoms with van der Waals surface area (Å²) in [7, 11) is 0. The SMILES string of the molecule is Cc1ccc(NC(=O)N2CCN(c3cc(C)on3)CC2)c(C)c1. The van der Waals surface area contributed by atoms with Gasteiger partial charge in [-0.3, -0.25) is 0 Å². The lowest BCUT2D eigenvalue weighted by Crippen LogP contribution is -2.50. The van der Waals surface area contributed by atoms with Crippen LogP contribution in [0.3, 0.4) is 0 Å². The number of hydrogen-bond donors (Lipinski definition) is 1. The first-order valence-corrected chi connectivity index (χ1v) is 7.84. The summed E-state index contributed by atoms with van der Waals surface area (Å²) in [5.74, 6) is 1.65. The molecule has 6 nitrogen and oxygen atoms in total. The van der Waals surface area contributed by atoms with Crippen molar-refractivity contribution in [2.24, 2.45) is 0 Å². The molecule has 0 atom stereocenters. The summed E-state index contributed by atoms with van der Waals surface area (Å²) in [6.07, 6.45) is 0. The molecule has 1 aliphatic heterocycles. The van der Waals surface area contributed by atoms with Crippen molar-refractivity contribution in [2.75, 3.05) is 36.4 Å². The average molecular weight is 314 g/mol. The fourth-order valence-electron chi connectivity index (χ4n) is 2.79. The highest BCUT2D eigenvalue weighted by Gasteiger charge is 2.23. The van der Waals surface area contributed by atoms with Crippen molar-refractivity contribution in [1.29, 1.82) is 0 Å². The predicted molar refractivity (Wildman–Crippen MR) is 90.0 cm³/mol. The fourth-order valence-corrected chi connectivity index (χ4v) is 2.79. The summed E-state index contributed by atoms with van der Waals surface area (Å²) in [6, 6.07) is 7.91. The summed E-state index contributed by atoms with van der Waals surface area (Å²) < 4.78 is 5.11. The van der Waals surface area contributed by atoms with E-state index in [4.69, 9.17) is 4.52 Å². The van der Waals surface area contributed by atoms with Crippen molar-refractivity contribution in [2.45, 2.75) is 20.8 Å². The van der Waals surface area contributed by atoms with E-state index in [1.54, 1.807) is 0 Å². The molecular weight excluding hydrogens is 292 g/mol. The molecule has 6 heteroatoms. The monoisotopic (exact) mass is 314 g/mol. The van der Waals surface area contributed by atoms with E-state index in [1.165, 1.54) is 5.56 Å². The molecule has 2 amide bonds. The van der Waals surface area contributed by atoms with Gasteiger partial charge in [0.25, 0.3) is 0 Å². The minimum atomic E-state index is -0.0482. The van der Waals surface area contributed by atoms with Gasteiger partial charge in [-0.1, -0.05) is 22.9 Å². The third-order valence-electron chi connectivity index (χ3n) is 4.13. The minimum absolute atomic E-state index is 0.0482. The molecule has 0 radical (unpaired) electrons. The predicted octanol–water partition coefficient (Wildman–Crippen LogP) is 2.95. The van der Waals surface area contributed by atoms with Crippen molar-refractivity contribution in [1.82, 2.24) is 10.1 Å². The number of aromatic nitrogens is 1. The first-order chi connectivity index (χ1) is 11.0. The Hall–Kier alpha value is -2.50. The Kier molecular flexibility index (Phi) is 4.23. The summed E-state index contributed by atoms with van der Waals surface area (Å²) >= 11 is 0. The molecule has 2 heterocycles. The highest BCUT2D eigenvalue weighted by molar-refractivity contribution is 5.90. The molecule has 0 aliphatic carbocycles. The van der Waals surface area contributed by atoms with Crippen LogP contribution >= 0.6 is 0 Å². The van der Waals surface area contributed by atoms with Crippen molar-refractivity contribution in [3.63, 3.8) is 0 Å². The maximum Gasteiger partial charge on any atom is 0.321 e. The number of carbonyl (C=O) groups is 1. The second-order valence-corrected chi connectivity index (χ2v) is 6.02. The quantitative estimate of drug-likeness (QED) is 0.926. The van der Waals surface area contributed by atoms with E-state index in [0.29, 0.717) is 13.1 Å². The number of hydrogen-bond acceptors (Lipinski definition) is 4. The first kappa shape index (κ1) is 15.4. The maximum atomic E-state index is 12.4. The number of amides is 2. The highest BCUT2D eigenvalue weighted by Crippen LogP contribution is 2.19. The van der Waals surface area contributed by atoms with Crippen LogP contribution in [-0.4, -0.2) is 42.3 Å². The first-order valence-electron chi connectivity index (χ1n) is 7.84. The summed E-state index contributed by atoms with van der Waals surface area (Å²) in [4.78, 5) is 16.4. The molecule has 0 saturated carbocycles. The lowest BCUT2D eigenvalue weighted by atomic mass is 10.1. The number of rotatable bonds is 2. The molecule has 0 unspecified atom stereocenters. The zero-order valence-corrected chi connectivity index (χ0v) is 13.8. The van der Waals surface area contributed by atoms with E-state index < -0.39 is 0 Å². The van der Waals surface area contributed by atoms with Crippen LogP contribution in [0.4, 0.5) is 16.3 Å². The Morgan fingerprint density at radius 2 is 1.87 bits per heavy atom. The molecule has 1 N–H and O–H groups in total. The molecular formula is C17H22N4O2. The number of anilines is 2. The van der Waals surface area contributed by atoms with Crippen molar-refractivity contribution >= 4 is 17.5 Å². The van der Waals surface area contributed by atoms with Crippen LogP contribution in [0, 0.1) is 20.8 Å². The molecule has 122 valence electrons. The van der Waals surface area contributed by atoms with Gasteiger partial charge in [0.1, 0.15) is 5.76 Å². The number of piperazine rings is 1. The van der Waals surface area contributed by atoms with Crippen molar-refractivity contribution < 1.29 is 9.32 Å². The van der Waals surface area contributed by atoms with Crippen molar-refractivity contribution in [3.05, 3.63) is 41.2 Å². The molecule has 1 fully saturated rings. The Labute approximate surface area is 136 Å². The van der Waals surface area contributed by atoms with Gasteiger partial charge in [-0.25, -0.2) is 4.79 Å². The van der Waals surface area contributed by atoms with Crippen molar-refractivity contribution in [3.8, 4) is 0 Å². The number of carbonyl (C=O) groups excluding carboxylic acids is 1. The molecule has 23 heavy (non-hydrogen) atoms. The van der Waals surface area contributed by atoms with Crippen LogP contribution in [0.25, 0.3) is 0 Å². The van der Waals surface area contributed by atoms with Gasteiger partial charge in [0.05, 0.1) is 0 Å². The van der Waals surface area contributed by atoms with Crippen LogP contribution in [0.1, 0.15) is 16.9 Å². The van der Waals surface area contributed by atoms with Gasteiger partial charge in [0.15, 0.2) is 5.82 Å².